The molecule has 10 heteroatoms. The number of allylic oxidation sites excluding steroid dienone is 2. The molecule has 2 aliphatic carbocycles. The molecule has 212 valence electrons. The number of rotatable bonds is 2. The first-order valence-electron chi connectivity index (χ1n) is 14.0. The van der Waals surface area contributed by atoms with Crippen molar-refractivity contribution in [2.45, 2.75) is 101 Å². The van der Waals surface area contributed by atoms with Crippen LogP contribution in [0.1, 0.15) is 60.3 Å². The summed E-state index contributed by atoms with van der Waals surface area (Å²) >= 11 is 0. The molecule has 4 saturated heterocycles. The molecule has 10 nitrogen and oxygen atoms in total. The number of cyclic esters (lactones) is 1. The molecule has 3 N–H and O–H groups in total. The van der Waals surface area contributed by atoms with Gasteiger partial charge in [0, 0.05) is 23.8 Å². The number of Topliss-reactive ketones (excluding diaryl/α,β-unsaturated/α-hetero) is 1. The maximum atomic E-state index is 14.1. The average Bonchev–Trinajstić information content (AvgIpc) is 3.11. The van der Waals surface area contributed by atoms with E-state index in [-0.39, 0.29) is 30.6 Å². The predicted molar refractivity (Wildman–Crippen MR) is 131 cm³/mol. The summed E-state index contributed by atoms with van der Waals surface area (Å²) in [6.45, 7) is 9.38. The van der Waals surface area contributed by atoms with Crippen molar-refractivity contribution in [2.24, 2.45) is 35.0 Å². The van der Waals surface area contributed by atoms with Crippen LogP contribution in [-0.2, 0) is 33.3 Å². The van der Waals surface area contributed by atoms with Gasteiger partial charge in [0.2, 0.25) is 11.6 Å². The number of ether oxygens (including phenoxy) is 4. The fourth-order valence-corrected chi connectivity index (χ4v) is 9.72. The molecule has 0 radical (unpaired) electrons. The van der Waals surface area contributed by atoms with E-state index in [2.05, 4.69) is 0 Å². The second-order valence-electron chi connectivity index (χ2n) is 13.9. The van der Waals surface area contributed by atoms with Gasteiger partial charge in [-0.15, -0.1) is 0 Å². The summed E-state index contributed by atoms with van der Waals surface area (Å²) in [5.74, 6) is -5.63. The van der Waals surface area contributed by atoms with Crippen LogP contribution in [0.5, 0.6) is 0 Å². The highest BCUT2D eigenvalue weighted by atomic mass is 16.7. The van der Waals surface area contributed by atoms with Gasteiger partial charge in [0.05, 0.1) is 23.2 Å². The van der Waals surface area contributed by atoms with Gasteiger partial charge in [0.15, 0.2) is 6.10 Å². The molecule has 2 bridgehead atoms. The minimum Gasteiger partial charge on any atom is -0.454 e. The third-order valence-corrected chi connectivity index (χ3v) is 11.3. The maximum Gasteiger partial charge on any atom is 0.339 e. The molecule has 39 heavy (non-hydrogen) atoms. The van der Waals surface area contributed by atoms with E-state index in [1.54, 1.807) is 13.0 Å². The highest BCUT2D eigenvalue weighted by molar-refractivity contribution is 5.93. The third-order valence-electron chi connectivity index (χ3n) is 11.3. The number of carbonyl (C=O) groups is 3. The minimum absolute atomic E-state index is 0.0461. The first kappa shape index (κ1) is 25.8. The van der Waals surface area contributed by atoms with Gasteiger partial charge in [-0.3, -0.25) is 4.79 Å². The summed E-state index contributed by atoms with van der Waals surface area (Å²) in [5, 5.41) is 34.3. The third kappa shape index (κ3) is 3.02. The van der Waals surface area contributed by atoms with Crippen molar-refractivity contribution >= 4 is 17.7 Å². The first-order chi connectivity index (χ1) is 18.1. The molecule has 7 aliphatic rings. The van der Waals surface area contributed by atoms with Gasteiger partial charge in [-0.25, -0.2) is 9.59 Å². The molecule has 5 heterocycles. The predicted octanol–water partition coefficient (Wildman–Crippen LogP) is 1.30. The van der Waals surface area contributed by atoms with E-state index in [1.807, 2.05) is 33.8 Å². The zero-order valence-corrected chi connectivity index (χ0v) is 22.8. The Morgan fingerprint density at radius 1 is 1.13 bits per heavy atom. The monoisotopic (exact) mass is 544 g/mol. The van der Waals surface area contributed by atoms with E-state index in [0.29, 0.717) is 24.2 Å². The molecule has 0 aromatic rings. The quantitative estimate of drug-likeness (QED) is 0.434. The van der Waals surface area contributed by atoms with E-state index in [9.17, 15) is 29.7 Å². The van der Waals surface area contributed by atoms with Gasteiger partial charge in [-0.1, -0.05) is 13.8 Å². The highest BCUT2D eigenvalue weighted by Crippen LogP contribution is 2.75. The second-order valence-corrected chi connectivity index (χ2v) is 13.9. The summed E-state index contributed by atoms with van der Waals surface area (Å²) in [4.78, 5) is 38.5. The normalized spacial score (nSPS) is 54.6. The van der Waals surface area contributed by atoms with Crippen LogP contribution in [0.2, 0.25) is 0 Å². The Hall–Kier alpha value is -2.11. The molecule has 2 saturated carbocycles. The highest BCUT2D eigenvalue weighted by Gasteiger charge is 2.83. The van der Waals surface area contributed by atoms with Crippen molar-refractivity contribution in [3.05, 3.63) is 23.5 Å². The maximum absolute atomic E-state index is 14.1. The molecule has 0 aromatic carbocycles. The van der Waals surface area contributed by atoms with E-state index in [4.69, 9.17) is 18.9 Å². The van der Waals surface area contributed by atoms with Crippen LogP contribution < -0.4 is 0 Å². The lowest BCUT2D eigenvalue weighted by Crippen LogP contribution is -2.52. The van der Waals surface area contributed by atoms with E-state index < -0.39 is 75.8 Å². The van der Waals surface area contributed by atoms with Gasteiger partial charge in [0.25, 0.3) is 0 Å². The van der Waals surface area contributed by atoms with Crippen molar-refractivity contribution < 1.29 is 48.7 Å². The minimum atomic E-state index is -2.12. The Labute approximate surface area is 226 Å². The van der Waals surface area contributed by atoms with Crippen molar-refractivity contribution in [3.63, 3.8) is 0 Å². The van der Waals surface area contributed by atoms with Gasteiger partial charge in [-0.2, -0.15) is 0 Å². The summed E-state index contributed by atoms with van der Waals surface area (Å²) in [5.41, 5.74) is -3.32. The molecule has 0 aromatic heterocycles. The van der Waals surface area contributed by atoms with Gasteiger partial charge in [0.1, 0.15) is 17.5 Å². The Morgan fingerprint density at radius 3 is 2.51 bits per heavy atom. The number of fused-ring (bicyclic) bond motifs is 3. The molecule has 2 spiro atoms. The summed E-state index contributed by atoms with van der Waals surface area (Å²) in [6.07, 6.45) is 1.06. The van der Waals surface area contributed by atoms with Crippen molar-refractivity contribution in [1.82, 2.24) is 0 Å². The van der Waals surface area contributed by atoms with Gasteiger partial charge in [-0.05, 0) is 69.4 Å². The zero-order valence-electron chi connectivity index (χ0n) is 22.8. The van der Waals surface area contributed by atoms with Gasteiger partial charge < -0.3 is 34.3 Å². The number of esters is 2. The van der Waals surface area contributed by atoms with Crippen LogP contribution in [0.25, 0.3) is 0 Å². The standard InChI is InChI=1S/C29H36O10/c1-12(8-14-9-13(2)23(33)36-14)17-20-26(17,5)6-7-27-11-28-16(10-15(30)18(27)21(32)29(20,35)39-27)25(3,4)37-22(28)19(31)24(34)38-28/h8-9,12,15-20,22,30-31,35H,6-7,10-11H2,1-5H3. The van der Waals surface area contributed by atoms with Crippen molar-refractivity contribution in [3.8, 4) is 0 Å². The first-order valence-corrected chi connectivity index (χ1v) is 14.0. The SMILES string of the molecule is CC1=CC(=CC(C)C2C3C4(O)OC5(CCC23C)CC23OC(=O)C(O)C2OC(C)(C)C3CC(O)C5C4=O)OC1=O. The number of hydrogen-bond acceptors (Lipinski definition) is 10. The molecule has 5 aliphatic heterocycles. The van der Waals surface area contributed by atoms with Crippen molar-refractivity contribution in [2.75, 3.05) is 0 Å². The lowest BCUT2D eigenvalue weighted by atomic mass is 9.69. The molecule has 6 fully saturated rings. The van der Waals surface area contributed by atoms with Crippen LogP contribution >= 0.6 is 0 Å². The van der Waals surface area contributed by atoms with Crippen molar-refractivity contribution in [1.29, 1.82) is 0 Å². The molecule has 12 atom stereocenters. The van der Waals surface area contributed by atoms with Crippen LogP contribution in [0.4, 0.5) is 0 Å². The van der Waals surface area contributed by atoms with Crippen LogP contribution in [-0.4, -0.2) is 73.9 Å². The Morgan fingerprint density at radius 2 is 1.85 bits per heavy atom. The lowest BCUT2D eigenvalue weighted by molar-refractivity contribution is -0.244. The fourth-order valence-electron chi connectivity index (χ4n) is 9.72. The van der Waals surface area contributed by atoms with Crippen LogP contribution in [0.15, 0.2) is 23.5 Å². The average molecular weight is 545 g/mol. The summed E-state index contributed by atoms with van der Waals surface area (Å²) in [6, 6.07) is 0. The Kier molecular flexibility index (Phi) is 4.89. The Bertz CT molecular complexity index is 1270. The zero-order chi connectivity index (χ0) is 28.1. The van der Waals surface area contributed by atoms with E-state index in [1.165, 1.54) is 0 Å². The van der Waals surface area contributed by atoms with Crippen LogP contribution in [0, 0.1) is 35.0 Å². The fraction of sp³-hybridized carbons (Fsp3) is 0.759. The largest absolute Gasteiger partial charge is 0.454 e. The lowest BCUT2D eigenvalue weighted by Gasteiger charge is -2.40. The summed E-state index contributed by atoms with van der Waals surface area (Å²) in [7, 11) is 0. The molecular formula is C29H36O10. The second kappa shape index (κ2) is 7.39. The topological polar surface area (TPSA) is 149 Å². The smallest absolute Gasteiger partial charge is 0.339 e. The number of hydrogen-bond donors (Lipinski definition) is 3. The van der Waals surface area contributed by atoms with E-state index in [0.717, 1.165) is 0 Å². The number of ketones is 1. The molecular weight excluding hydrogens is 508 g/mol. The van der Waals surface area contributed by atoms with E-state index >= 15 is 0 Å². The number of aliphatic hydroxyl groups is 3. The number of aliphatic hydroxyl groups excluding tert-OH is 2. The molecule has 7 rings (SSSR count). The molecule has 12 unspecified atom stereocenters. The van der Waals surface area contributed by atoms with Crippen LogP contribution in [0.3, 0.4) is 0 Å². The number of carbonyl (C=O) groups excluding carboxylic acids is 3. The van der Waals surface area contributed by atoms with Gasteiger partial charge >= 0.3 is 11.9 Å². The Balaban J connectivity index is 1.26. The molecule has 0 amide bonds. The summed E-state index contributed by atoms with van der Waals surface area (Å²) < 4.78 is 23.9.